The second kappa shape index (κ2) is 47.8. The number of Topliss-reactive ketones (excluding diaryl/α,β-unsaturated/α-hetero) is 1. The molecule has 1 N–H and O–H groups in total. The summed E-state index contributed by atoms with van der Waals surface area (Å²) in [5.41, 5.74) is 0. The number of carbonyl (C=O) groups is 2. The topological polar surface area (TPSA) is 54.4 Å². The summed E-state index contributed by atoms with van der Waals surface area (Å²) in [5, 5.41) is 8.86. The van der Waals surface area contributed by atoms with Gasteiger partial charge in [0, 0.05) is 18.3 Å². The predicted molar refractivity (Wildman–Crippen MR) is 254 cm³/mol. The Morgan fingerprint density at radius 2 is 0.456 bits per heavy atom. The van der Waals surface area contributed by atoms with E-state index >= 15 is 0 Å². The molecule has 0 aromatic carbocycles. The highest BCUT2D eigenvalue weighted by molar-refractivity contribution is 5.83. The maximum Gasteiger partial charge on any atom is 0.303 e. The number of hydrogen-bond acceptors (Lipinski definition) is 2. The standard InChI is InChI=1S/C54H106O3/c1-4-7-10-13-15-17-19-21-23-24-26-28-30-34-38-44-49-52(48-43-37-33-29-27-25-22-20-18-16-14-11-8-5-2)54(57)51(46-41-12-9-6-3)47-42-39-35-31-32-36-40-45-50-53(55)56/h51-52H,4-50H2,1-3H3,(H,55,56). The van der Waals surface area contributed by atoms with Crippen LogP contribution in [0.4, 0.5) is 0 Å². The number of carboxylic acid groups (broad SMARTS) is 1. The number of unbranched alkanes of at least 4 members (excludes halogenated alkanes) is 38. The fourth-order valence-electron chi connectivity index (χ4n) is 9.26. The molecule has 0 aromatic heterocycles. The summed E-state index contributed by atoms with van der Waals surface area (Å²) in [7, 11) is 0. The summed E-state index contributed by atoms with van der Waals surface area (Å²) in [4.78, 5) is 25.1. The van der Waals surface area contributed by atoms with Crippen molar-refractivity contribution in [2.24, 2.45) is 11.8 Å². The molecule has 0 heterocycles. The van der Waals surface area contributed by atoms with Gasteiger partial charge in [-0.3, -0.25) is 9.59 Å². The Kier molecular flexibility index (Phi) is 47.1. The molecule has 2 atom stereocenters. The van der Waals surface area contributed by atoms with Gasteiger partial charge in [0.1, 0.15) is 5.78 Å². The van der Waals surface area contributed by atoms with Gasteiger partial charge >= 0.3 is 5.97 Å². The van der Waals surface area contributed by atoms with E-state index in [4.69, 9.17) is 5.11 Å². The minimum Gasteiger partial charge on any atom is -0.481 e. The van der Waals surface area contributed by atoms with E-state index in [1.165, 1.54) is 250 Å². The average Bonchev–Trinajstić information content (AvgIpc) is 3.21. The van der Waals surface area contributed by atoms with Crippen LogP contribution in [0.15, 0.2) is 0 Å². The van der Waals surface area contributed by atoms with Crippen molar-refractivity contribution in [1.82, 2.24) is 0 Å². The van der Waals surface area contributed by atoms with E-state index in [1.807, 2.05) is 0 Å². The fourth-order valence-corrected chi connectivity index (χ4v) is 9.26. The van der Waals surface area contributed by atoms with Crippen molar-refractivity contribution in [2.75, 3.05) is 0 Å². The molecule has 0 aliphatic heterocycles. The normalized spacial score (nSPS) is 12.7. The number of ketones is 1. The number of carboxylic acids is 1. The first-order chi connectivity index (χ1) is 28.1. The number of hydrogen-bond donors (Lipinski definition) is 1. The molecule has 0 radical (unpaired) electrons. The van der Waals surface area contributed by atoms with E-state index in [0.29, 0.717) is 18.1 Å². The molecule has 0 saturated heterocycles. The van der Waals surface area contributed by atoms with Crippen molar-refractivity contribution in [3.8, 4) is 0 Å². The molecule has 3 heteroatoms. The van der Waals surface area contributed by atoms with E-state index in [0.717, 1.165) is 44.9 Å². The predicted octanol–water partition coefficient (Wildman–Crippen LogP) is 19.3. The molecule has 0 rings (SSSR count). The summed E-state index contributed by atoms with van der Waals surface area (Å²) < 4.78 is 0. The molecule has 0 fully saturated rings. The van der Waals surface area contributed by atoms with Gasteiger partial charge in [-0.25, -0.2) is 0 Å². The highest BCUT2D eigenvalue weighted by Crippen LogP contribution is 2.29. The zero-order valence-corrected chi connectivity index (χ0v) is 39.7. The zero-order valence-electron chi connectivity index (χ0n) is 39.7. The largest absolute Gasteiger partial charge is 0.481 e. The van der Waals surface area contributed by atoms with Gasteiger partial charge in [-0.2, -0.15) is 0 Å². The second-order valence-corrected chi connectivity index (χ2v) is 18.9. The van der Waals surface area contributed by atoms with Gasteiger partial charge in [-0.15, -0.1) is 0 Å². The molecule has 340 valence electrons. The number of rotatable bonds is 50. The quantitative estimate of drug-likeness (QED) is 0.0623. The Morgan fingerprint density at radius 1 is 0.281 bits per heavy atom. The molecule has 3 nitrogen and oxygen atoms in total. The fraction of sp³-hybridized carbons (Fsp3) is 0.963. The monoisotopic (exact) mass is 803 g/mol. The minimum atomic E-state index is -0.666. The van der Waals surface area contributed by atoms with Crippen molar-refractivity contribution < 1.29 is 14.7 Å². The molecule has 57 heavy (non-hydrogen) atoms. The number of aliphatic carboxylic acids is 1. The van der Waals surface area contributed by atoms with Crippen LogP contribution in [0.1, 0.15) is 323 Å². The zero-order chi connectivity index (χ0) is 41.5. The van der Waals surface area contributed by atoms with E-state index < -0.39 is 5.97 Å². The van der Waals surface area contributed by atoms with Crippen LogP contribution in [-0.2, 0) is 9.59 Å². The molecule has 0 saturated carbocycles. The first-order valence-corrected chi connectivity index (χ1v) is 26.8. The summed E-state index contributed by atoms with van der Waals surface area (Å²) in [6, 6.07) is 0. The average molecular weight is 803 g/mol. The maximum atomic E-state index is 14.3. The maximum absolute atomic E-state index is 14.3. The van der Waals surface area contributed by atoms with Crippen LogP contribution in [0.3, 0.4) is 0 Å². The molecule has 0 spiro atoms. The van der Waals surface area contributed by atoms with Crippen molar-refractivity contribution in [3.05, 3.63) is 0 Å². The first-order valence-electron chi connectivity index (χ1n) is 26.8. The van der Waals surface area contributed by atoms with E-state index in [1.54, 1.807) is 0 Å². The minimum absolute atomic E-state index is 0.288. The van der Waals surface area contributed by atoms with Crippen LogP contribution in [0.25, 0.3) is 0 Å². The van der Waals surface area contributed by atoms with E-state index in [2.05, 4.69) is 20.8 Å². The Morgan fingerprint density at radius 3 is 0.667 bits per heavy atom. The lowest BCUT2D eigenvalue weighted by Gasteiger charge is -2.23. The van der Waals surface area contributed by atoms with Crippen LogP contribution in [-0.4, -0.2) is 16.9 Å². The van der Waals surface area contributed by atoms with Gasteiger partial charge in [0.25, 0.3) is 0 Å². The molecule has 0 amide bonds. The van der Waals surface area contributed by atoms with E-state index in [9.17, 15) is 9.59 Å². The molecular weight excluding hydrogens is 697 g/mol. The molecule has 0 bridgehead atoms. The van der Waals surface area contributed by atoms with Crippen LogP contribution in [0.2, 0.25) is 0 Å². The van der Waals surface area contributed by atoms with Crippen molar-refractivity contribution in [2.45, 2.75) is 323 Å². The summed E-state index contributed by atoms with van der Waals surface area (Å²) in [6.07, 6.45) is 61.1. The lowest BCUT2D eigenvalue weighted by Crippen LogP contribution is -2.24. The van der Waals surface area contributed by atoms with Crippen LogP contribution < -0.4 is 0 Å². The van der Waals surface area contributed by atoms with Crippen molar-refractivity contribution in [3.63, 3.8) is 0 Å². The third-order valence-corrected chi connectivity index (χ3v) is 13.2. The third-order valence-electron chi connectivity index (χ3n) is 13.2. The highest BCUT2D eigenvalue weighted by Gasteiger charge is 2.26. The first kappa shape index (κ1) is 56.1. The van der Waals surface area contributed by atoms with Crippen LogP contribution in [0, 0.1) is 11.8 Å². The molecule has 0 aliphatic rings. The van der Waals surface area contributed by atoms with Gasteiger partial charge in [-0.1, -0.05) is 284 Å². The number of carbonyl (C=O) groups excluding carboxylic acids is 1. The van der Waals surface area contributed by atoms with Gasteiger partial charge in [0.05, 0.1) is 0 Å². The lowest BCUT2D eigenvalue weighted by atomic mass is 9.80. The Bertz CT molecular complexity index is 792. The molecular formula is C54H106O3. The van der Waals surface area contributed by atoms with Gasteiger partial charge < -0.3 is 5.11 Å². The van der Waals surface area contributed by atoms with Gasteiger partial charge in [0.2, 0.25) is 0 Å². The summed E-state index contributed by atoms with van der Waals surface area (Å²) in [6.45, 7) is 6.90. The second-order valence-electron chi connectivity index (χ2n) is 18.9. The molecule has 2 unspecified atom stereocenters. The molecule has 0 aromatic rings. The third kappa shape index (κ3) is 43.1. The summed E-state index contributed by atoms with van der Waals surface area (Å²) >= 11 is 0. The van der Waals surface area contributed by atoms with Gasteiger partial charge in [0.15, 0.2) is 0 Å². The Labute approximate surface area is 359 Å². The Hall–Kier alpha value is -0.860. The lowest BCUT2D eigenvalue weighted by molar-refractivity contribution is -0.137. The smallest absolute Gasteiger partial charge is 0.303 e. The van der Waals surface area contributed by atoms with Crippen molar-refractivity contribution >= 4 is 11.8 Å². The van der Waals surface area contributed by atoms with E-state index in [-0.39, 0.29) is 5.92 Å². The highest BCUT2D eigenvalue weighted by atomic mass is 16.4. The van der Waals surface area contributed by atoms with Crippen molar-refractivity contribution in [1.29, 1.82) is 0 Å². The van der Waals surface area contributed by atoms with Crippen LogP contribution >= 0.6 is 0 Å². The molecule has 0 aliphatic carbocycles. The SMILES string of the molecule is CCCCCCCCCCCCCCCCCCC(CCCCCCCCCCCCCCCC)C(=O)C(CCCCCC)CCCCCCCCCCC(=O)O. The van der Waals surface area contributed by atoms with Crippen LogP contribution in [0.5, 0.6) is 0 Å². The Balaban J connectivity index is 4.67. The van der Waals surface area contributed by atoms with Gasteiger partial charge in [-0.05, 0) is 32.1 Å². The summed E-state index contributed by atoms with van der Waals surface area (Å²) in [5.74, 6) is 0.577.